The number of ether oxygens (including phenoxy) is 2. The van der Waals surface area contributed by atoms with E-state index in [0.29, 0.717) is 30.0 Å². The number of benzene rings is 1. The number of carboxylic acid groups (broad SMARTS) is 1. The molecule has 1 saturated carbocycles. The number of hydrogen-bond donors (Lipinski definition) is 3. The molecule has 266 valence electrons. The van der Waals surface area contributed by atoms with Gasteiger partial charge >= 0.3 is 12.1 Å². The van der Waals surface area contributed by atoms with Gasteiger partial charge in [0.2, 0.25) is 11.8 Å². The van der Waals surface area contributed by atoms with Crippen molar-refractivity contribution in [3.05, 3.63) is 53.2 Å². The average molecular weight is 705 g/mol. The Balaban J connectivity index is 1.35. The first-order valence-electron chi connectivity index (χ1n) is 17.0. The number of carbonyl (C=O) groups is 4. The van der Waals surface area contributed by atoms with E-state index >= 15 is 0 Å². The fraction of sp³-hybridized carbons (Fsp3) is 0.500. The standard InChI is InChI=1S/C36H44N6O7S/c1-35(2,3)49-34(47)37-27-11-9-7-5-6-8-10-24-19-36(24,33(45)46)38-31(43)28-18-25(20-41(28)32(27)44)42-39-29(22-12-14-26(48-4)15-13-22)30(40-42)23-16-17-50-21-23/h8,10,12-17,21,24-25,27-28H,5-7,9,11,18-20H2,1-4H3,(H,37,47)(H,38,43)(H,45,46)/b10-8-/t24-,25-,27+,28-,36-/m0/s1. The van der Waals surface area contributed by atoms with Gasteiger partial charge in [0.15, 0.2) is 0 Å². The van der Waals surface area contributed by atoms with E-state index in [4.69, 9.17) is 19.7 Å². The van der Waals surface area contributed by atoms with E-state index in [1.54, 1.807) is 32.7 Å². The lowest BCUT2D eigenvalue weighted by molar-refractivity contribution is -0.145. The van der Waals surface area contributed by atoms with Crippen molar-refractivity contribution in [3.63, 3.8) is 0 Å². The number of fused-ring (bicyclic) bond motifs is 2. The van der Waals surface area contributed by atoms with Crippen LogP contribution in [0.15, 0.2) is 53.2 Å². The van der Waals surface area contributed by atoms with Gasteiger partial charge in [0.1, 0.15) is 40.4 Å². The highest BCUT2D eigenvalue weighted by molar-refractivity contribution is 7.08. The largest absolute Gasteiger partial charge is 0.497 e. The van der Waals surface area contributed by atoms with Gasteiger partial charge in [-0.05, 0) is 82.2 Å². The van der Waals surface area contributed by atoms with Crippen molar-refractivity contribution in [3.8, 4) is 28.3 Å². The molecule has 4 heterocycles. The Morgan fingerprint density at radius 3 is 2.46 bits per heavy atom. The summed E-state index contributed by atoms with van der Waals surface area (Å²) in [6.07, 6.45) is 6.94. The van der Waals surface area contributed by atoms with Crippen LogP contribution in [-0.4, -0.2) is 85.8 Å². The van der Waals surface area contributed by atoms with Crippen molar-refractivity contribution < 1.29 is 33.8 Å². The minimum absolute atomic E-state index is 0.0760. The Morgan fingerprint density at radius 2 is 1.80 bits per heavy atom. The second-order valence-electron chi connectivity index (χ2n) is 14.2. The number of methoxy groups -OCH3 is 1. The van der Waals surface area contributed by atoms with Gasteiger partial charge in [-0.1, -0.05) is 25.0 Å². The Labute approximate surface area is 295 Å². The molecule has 1 saturated heterocycles. The first-order valence-corrected chi connectivity index (χ1v) is 18.0. The fourth-order valence-corrected chi connectivity index (χ4v) is 7.36. The van der Waals surface area contributed by atoms with E-state index in [1.165, 1.54) is 16.2 Å². The third kappa shape index (κ3) is 7.54. The summed E-state index contributed by atoms with van der Waals surface area (Å²) in [5.41, 5.74) is 0.766. The molecule has 3 aliphatic rings. The molecule has 1 aliphatic carbocycles. The summed E-state index contributed by atoms with van der Waals surface area (Å²) in [5.74, 6) is -1.76. The molecule has 1 aromatic carbocycles. The maximum absolute atomic E-state index is 14.4. The van der Waals surface area contributed by atoms with Crippen LogP contribution in [0.5, 0.6) is 5.75 Å². The number of nitrogens with zero attached hydrogens (tertiary/aromatic N) is 4. The molecule has 2 aromatic heterocycles. The molecule has 13 nitrogen and oxygen atoms in total. The van der Waals surface area contributed by atoms with E-state index in [-0.39, 0.29) is 25.3 Å². The second kappa shape index (κ2) is 14.3. The highest BCUT2D eigenvalue weighted by Crippen LogP contribution is 2.46. The minimum Gasteiger partial charge on any atom is -0.497 e. The number of thiophene rings is 1. The van der Waals surface area contributed by atoms with Crippen LogP contribution in [0.2, 0.25) is 0 Å². The molecular weight excluding hydrogens is 660 g/mol. The number of aromatic nitrogens is 3. The third-order valence-electron chi connectivity index (χ3n) is 9.44. The van der Waals surface area contributed by atoms with E-state index in [9.17, 15) is 24.3 Å². The highest BCUT2D eigenvalue weighted by atomic mass is 32.1. The van der Waals surface area contributed by atoms with Gasteiger partial charge in [0.25, 0.3) is 0 Å². The molecule has 3 amide bonds. The second-order valence-corrected chi connectivity index (χ2v) is 15.0. The van der Waals surface area contributed by atoms with Crippen molar-refractivity contribution in [2.24, 2.45) is 5.92 Å². The van der Waals surface area contributed by atoms with Crippen molar-refractivity contribution in [2.75, 3.05) is 13.7 Å². The topological polar surface area (TPSA) is 165 Å². The number of carboxylic acids is 1. The molecule has 50 heavy (non-hydrogen) atoms. The summed E-state index contributed by atoms with van der Waals surface area (Å²) in [4.78, 5) is 57.0. The number of carbonyl (C=O) groups excluding carboxylic acids is 3. The first-order chi connectivity index (χ1) is 23.9. The number of allylic oxidation sites excluding steroid dienone is 1. The molecule has 3 N–H and O–H groups in total. The number of alkyl carbamates (subject to hydrolysis) is 1. The molecule has 0 unspecified atom stereocenters. The summed E-state index contributed by atoms with van der Waals surface area (Å²) in [7, 11) is 1.60. The fourth-order valence-electron chi connectivity index (χ4n) is 6.72. The summed E-state index contributed by atoms with van der Waals surface area (Å²) < 4.78 is 10.8. The normalized spacial score (nSPS) is 26.4. The van der Waals surface area contributed by atoms with E-state index in [0.717, 1.165) is 30.4 Å². The molecule has 5 atom stereocenters. The Morgan fingerprint density at radius 1 is 1.06 bits per heavy atom. The van der Waals surface area contributed by atoms with Crippen molar-refractivity contribution >= 4 is 35.2 Å². The molecule has 0 bridgehead atoms. The lowest BCUT2D eigenvalue weighted by Crippen LogP contribution is -2.56. The quantitative estimate of drug-likeness (QED) is 0.293. The van der Waals surface area contributed by atoms with E-state index in [1.807, 2.05) is 53.2 Å². The zero-order chi connectivity index (χ0) is 35.6. The lowest BCUT2D eigenvalue weighted by Gasteiger charge is -2.30. The van der Waals surface area contributed by atoms with Crippen LogP contribution in [-0.2, 0) is 19.1 Å². The predicted molar refractivity (Wildman–Crippen MR) is 186 cm³/mol. The van der Waals surface area contributed by atoms with Gasteiger partial charge in [-0.3, -0.25) is 9.59 Å². The summed E-state index contributed by atoms with van der Waals surface area (Å²) >= 11 is 1.53. The SMILES string of the molecule is COc1ccc(-c2nn([C@H]3C[C@H]4C(=O)N[C@@]5(C(=O)O)C[C@@H]5/C=C\CCCCC[C@@H](NC(=O)OC(C)(C)C)C(=O)N4C3)nc2-c2ccsc2)cc1. The molecule has 0 spiro atoms. The molecule has 0 radical (unpaired) electrons. The monoisotopic (exact) mass is 704 g/mol. The summed E-state index contributed by atoms with van der Waals surface area (Å²) in [6, 6.07) is 6.95. The van der Waals surface area contributed by atoms with Crippen LogP contribution < -0.4 is 15.4 Å². The van der Waals surface area contributed by atoms with Gasteiger partial charge in [0, 0.05) is 35.4 Å². The number of amides is 3. The van der Waals surface area contributed by atoms with Crippen molar-refractivity contribution in [2.45, 2.75) is 95.0 Å². The summed E-state index contributed by atoms with van der Waals surface area (Å²) in [5, 5.41) is 29.5. The Hall–Kier alpha value is -4.72. The zero-order valence-corrected chi connectivity index (χ0v) is 29.6. The molecule has 2 fully saturated rings. The predicted octanol–water partition coefficient (Wildman–Crippen LogP) is 5.20. The number of aliphatic carboxylic acids is 1. The van der Waals surface area contributed by atoms with Crippen LogP contribution in [0.3, 0.4) is 0 Å². The lowest BCUT2D eigenvalue weighted by atomic mass is 10.0. The van der Waals surface area contributed by atoms with Crippen LogP contribution in [0.4, 0.5) is 4.79 Å². The van der Waals surface area contributed by atoms with E-state index in [2.05, 4.69) is 10.6 Å². The van der Waals surface area contributed by atoms with Gasteiger partial charge in [-0.15, -0.1) is 0 Å². The van der Waals surface area contributed by atoms with Crippen LogP contribution in [0.25, 0.3) is 22.5 Å². The average Bonchev–Trinajstić information content (AvgIpc) is 3.52. The van der Waals surface area contributed by atoms with Gasteiger partial charge < -0.3 is 30.1 Å². The number of rotatable bonds is 6. The van der Waals surface area contributed by atoms with Crippen molar-refractivity contribution in [1.29, 1.82) is 0 Å². The maximum atomic E-state index is 14.4. The third-order valence-corrected chi connectivity index (χ3v) is 10.1. The maximum Gasteiger partial charge on any atom is 0.408 e. The zero-order valence-electron chi connectivity index (χ0n) is 28.8. The molecule has 14 heteroatoms. The van der Waals surface area contributed by atoms with Crippen molar-refractivity contribution in [1.82, 2.24) is 30.5 Å². The first kappa shape index (κ1) is 35.1. The van der Waals surface area contributed by atoms with Gasteiger partial charge in [-0.25, -0.2) is 9.59 Å². The Bertz CT molecular complexity index is 1750. The number of hydrogen-bond acceptors (Lipinski definition) is 9. The van der Waals surface area contributed by atoms with Crippen LogP contribution in [0.1, 0.15) is 71.8 Å². The van der Waals surface area contributed by atoms with Gasteiger partial charge in [0.05, 0.1) is 13.2 Å². The number of nitrogens with one attached hydrogen (secondary N) is 2. The minimum atomic E-state index is -1.44. The van der Waals surface area contributed by atoms with Gasteiger partial charge in [-0.2, -0.15) is 26.3 Å². The Kier molecular flexibility index (Phi) is 10.0. The van der Waals surface area contributed by atoms with E-state index < -0.39 is 53.1 Å². The molecule has 3 aromatic rings. The molecule has 6 rings (SSSR count). The summed E-state index contributed by atoms with van der Waals surface area (Å²) in [6.45, 7) is 5.31. The molecular formula is C36H44N6O7S. The van der Waals surface area contributed by atoms with Crippen LogP contribution in [0, 0.1) is 5.92 Å². The van der Waals surface area contributed by atoms with Crippen LogP contribution >= 0.6 is 11.3 Å². The highest BCUT2D eigenvalue weighted by Gasteiger charge is 2.61. The molecule has 2 aliphatic heterocycles. The smallest absolute Gasteiger partial charge is 0.408 e.